The summed E-state index contributed by atoms with van der Waals surface area (Å²) in [6.45, 7) is 6.14. The Bertz CT molecular complexity index is 5480. The van der Waals surface area contributed by atoms with E-state index in [4.69, 9.17) is 22.6 Å². The van der Waals surface area contributed by atoms with Gasteiger partial charge in [0.1, 0.15) is 84.3 Å². The van der Waals surface area contributed by atoms with Gasteiger partial charge >= 0.3 is 0 Å². The maximum Gasteiger partial charge on any atom is 0.248 e. The second-order valence-corrected chi connectivity index (χ2v) is 36.3. The number of phenolic OH excluding ortho intramolecular Hbond substituents is 1. The Morgan fingerprint density at radius 2 is 1.20 bits per heavy atom. The molecule has 744 valence electrons. The Kier molecular flexibility index (Phi) is 38.8. The highest BCUT2D eigenvalue weighted by Crippen LogP contribution is 2.31. The fourth-order valence-electron chi connectivity index (χ4n) is 17.1. The number of aromatic amines is 2. The lowest BCUT2D eigenvalue weighted by atomic mass is 9.97. The Morgan fingerprint density at radius 1 is 0.587 bits per heavy atom. The number of aliphatic hydroxyl groups is 2. The number of aromatic nitrogens is 7. The Labute approximate surface area is 800 Å². The second kappa shape index (κ2) is 50.6. The standard InChI is InChI=1S/C92H126N26O19S/c1-8-10-26-71-85(131)103-62(25-17-33-98-92(95)96)81(127)110-70(80(126)100-44-76(94)123)47-138-48-77(124)102-67(36-52-29-31-57(120)32-30-52)88(134)114(6)51(5)79(125)107-68(41-75(93)122)89(135)116-34-18-28-72(116)86(132)106-65(39-56-43-97-49-101-56)83(129)108-66(35-50(3)4)90(136)117-45-58(121)40-74(117)87(133)105-64(38-55-42-99-61-24-15-14-23-60(55)61)82(128)109-69(46-119)84(130)104-63(37-54-21-16-20-53-19-12-13-22-59(53)54)78-111-112-113-118(78)73(27-11-9-2)91(137)115(71)7/h12-16,19-24,29-32,42-43,49-51,58,62-74,99,119-121H,8-11,17-18,25-28,33-41,44-48H2,1-7H3,(H2,93,122)(H2,94,123)(H,97,101)(H,100,126)(H,102,124)(H,103,131)(H,104,130)(H,105,133)(H,106,132)(H,107,125)(H,108,129)(H,109,128)(H,110,127)(H4,95,96,98)/t51-,58+,62-,63-,64-,65-,66-,67-,68-,69-,70-,71-,72-,73-,74-/m0/s1. The average molecular weight is 1930 g/mol. The molecule has 46 heteroatoms. The lowest BCUT2D eigenvalue weighted by Crippen LogP contribution is -2.61. The van der Waals surface area contributed by atoms with Crippen LogP contribution < -0.4 is 75.7 Å². The number of imidazole rings is 1. The maximum absolute atomic E-state index is 15.9. The number of rotatable bonds is 26. The zero-order chi connectivity index (χ0) is 100. The highest BCUT2D eigenvalue weighted by Gasteiger charge is 2.47. The zero-order valence-corrected chi connectivity index (χ0v) is 79.0. The van der Waals surface area contributed by atoms with E-state index in [-0.39, 0.29) is 108 Å². The van der Waals surface area contributed by atoms with Crippen molar-refractivity contribution in [2.75, 3.05) is 58.4 Å². The topological polar surface area (TPSA) is 669 Å². The number of nitrogens with two attached hydrogens (primary N) is 3. The number of carbonyl (C=O) groups is 16. The molecule has 0 unspecified atom stereocenters. The van der Waals surface area contributed by atoms with Crippen molar-refractivity contribution in [2.24, 2.45) is 23.1 Å². The van der Waals surface area contributed by atoms with E-state index in [2.05, 4.69) is 89.0 Å². The van der Waals surface area contributed by atoms with Crippen molar-refractivity contribution in [2.45, 2.75) is 234 Å². The molecule has 3 aliphatic heterocycles. The Hall–Kier alpha value is -14.2. The summed E-state index contributed by atoms with van der Waals surface area (Å²) in [5.74, 6) is -17.0. The molecule has 4 aromatic carbocycles. The van der Waals surface area contributed by atoms with E-state index >= 15 is 38.4 Å². The quantitative estimate of drug-likeness (QED) is 0.0156. The molecule has 16 amide bonds. The number of carbonyl (C=O) groups excluding carboxylic acids is 16. The molecule has 0 radical (unpaired) electrons. The molecule has 0 aliphatic carbocycles. The van der Waals surface area contributed by atoms with E-state index < -0.39 is 229 Å². The number of nitrogens with one attached hydrogen (secondary N) is 14. The first-order chi connectivity index (χ1) is 65.9. The molecule has 0 bridgehead atoms. The first kappa shape index (κ1) is 106. The number of para-hydroxylation sites is 1. The number of primary amides is 2. The van der Waals surface area contributed by atoms with Crippen molar-refractivity contribution >= 4 is 134 Å². The molecule has 2 saturated heterocycles. The number of tetrazole rings is 1. The summed E-state index contributed by atoms with van der Waals surface area (Å²) in [7, 11) is 2.60. The fraction of sp³-hybridized carbons (Fsp3) is 0.511. The minimum Gasteiger partial charge on any atom is -0.508 e. The predicted octanol–water partition coefficient (Wildman–Crippen LogP) is -2.18. The monoisotopic (exact) mass is 1930 g/mol. The van der Waals surface area contributed by atoms with Crippen molar-refractivity contribution < 1.29 is 92.0 Å². The highest BCUT2D eigenvalue weighted by molar-refractivity contribution is 8.00. The maximum atomic E-state index is 15.9. The molecular weight excluding hydrogens is 1810 g/mol. The summed E-state index contributed by atoms with van der Waals surface area (Å²) in [4.78, 5) is 251. The molecule has 15 atom stereocenters. The summed E-state index contributed by atoms with van der Waals surface area (Å²) in [6.07, 6.45) is 2.43. The number of benzene rings is 4. The van der Waals surface area contributed by atoms with E-state index in [9.17, 15) is 53.7 Å². The van der Waals surface area contributed by atoms with Crippen LogP contribution in [0.4, 0.5) is 0 Å². The molecule has 2 fully saturated rings. The normalized spacial score (nSPS) is 24.2. The number of aliphatic hydroxyl groups excluding tert-OH is 2. The van der Waals surface area contributed by atoms with Gasteiger partial charge in [-0.2, -0.15) is 0 Å². The highest BCUT2D eigenvalue weighted by atomic mass is 32.2. The summed E-state index contributed by atoms with van der Waals surface area (Å²) in [6, 6.07) is 4.01. The van der Waals surface area contributed by atoms with Crippen molar-refractivity contribution in [3.8, 4) is 5.75 Å². The molecule has 0 spiro atoms. The third-order valence-electron chi connectivity index (χ3n) is 24.5. The van der Waals surface area contributed by atoms with Crippen molar-refractivity contribution in [1.82, 2.24) is 113 Å². The van der Waals surface area contributed by atoms with Gasteiger partial charge in [0.25, 0.3) is 0 Å². The Morgan fingerprint density at radius 3 is 1.88 bits per heavy atom. The number of guanidine groups is 1. The van der Waals surface area contributed by atoms with Crippen LogP contribution in [0.5, 0.6) is 5.75 Å². The van der Waals surface area contributed by atoms with E-state index in [1.807, 2.05) is 44.2 Å². The number of hydrogen-bond donors (Lipinski definition) is 20. The molecule has 138 heavy (non-hydrogen) atoms. The van der Waals surface area contributed by atoms with Gasteiger partial charge < -0.3 is 121 Å². The molecule has 10 rings (SSSR count). The van der Waals surface area contributed by atoms with Gasteiger partial charge in [0.05, 0.1) is 43.8 Å². The third kappa shape index (κ3) is 29.0. The molecule has 45 nitrogen and oxygen atoms in total. The number of thioether (sulfide) groups is 1. The van der Waals surface area contributed by atoms with Crippen molar-refractivity contribution in [3.63, 3.8) is 0 Å². The van der Waals surface area contributed by atoms with Crippen LogP contribution in [0.2, 0.25) is 0 Å². The summed E-state index contributed by atoms with van der Waals surface area (Å²) < 4.78 is 1.23. The Balaban J connectivity index is 1.04. The van der Waals surface area contributed by atoms with Gasteiger partial charge in [-0.3, -0.25) is 82.1 Å². The number of fused-ring (bicyclic) bond motifs is 5. The van der Waals surface area contributed by atoms with E-state index in [1.165, 1.54) is 67.4 Å². The number of nitrogens with zero attached hydrogens (tertiary/aromatic N) is 9. The van der Waals surface area contributed by atoms with Gasteiger partial charge in [0, 0.05) is 101 Å². The lowest BCUT2D eigenvalue weighted by molar-refractivity contribution is -0.145. The van der Waals surface area contributed by atoms with E-state index in [0.29, 0.717) is 59.0 Å². The van der Waals surface area contributed by atoms with Crippen LogP contribution in [0.3, 0.4) is 0 Å². The number of phenols is 1. The van der Waals surface area contributed by atoms with Crippen LogP contribution >= 0.6 is 11.8 Å². The van der Waals surface area contributed by atoms with Crippen LogP contribution in [-0.2, 0) is 102 Å². The van der Waals surface area contributed by atoms with Gasteiger partial charge in [0.2, 0.25) is 94.5 Å². The summed E-state index contributed by atoms with van der Waals surface area (Å²) >= 11 is 0.768. The van der Waals surface area contributed by atoms with Gasteiger partial charge in [0.15, 0.2) is 11.8 Å². The first-order valence-electron chi connectivity index (χ1n) is 46.2. The van der Waals surface area contributed by atoms with Crippen molar-refractivity contribution in [1.29, 1.82) is 5.41 Å². The minimum absolute atomic E-state index is 0.00299. The second-order valence-electron chi connectivity index (χ2n) is 35.3. The van der Waals surface area contributed by atoms with Crippen LogP contribution in [-0.4, -0.2) is 308 Å². The van der Waals surface area contributed by atoms with E-state index in [1.54, 1.807) is 56.4 Å². The fourth-order valence-corrected chi connectivity index (χ4v) is 17.9. The smallest absolute Gasteiger partial charge is 0.248 e. The largest absolute Gasteiger partial charge is 0.508 e. The first-order valence-corrected chi connectivity index (χ1v) is 47.3. The predicted molar refractivity (Wildman–Crippen MR) is 505 cm³/mol. The van der Waals surface area contributed by atoms with Crippen LogP contribution in [0.25, 0.3) is 21.7 Å². The number of amides is 16. The van der Waals surface area contributed by atoms with E-state index in [0.717, 1.165) is 37.2 Å². The zero-order valence-electron chi connectivity index (χ0n) is 78.1. The van der Waals surface area contributed by atoms with Crippen molar-refractivity contribution in [3.05, 3.63) is 138 Å². The molecule has 3 aromatic heterocycles. The molecule has 3 aliphatic rings. The average Bonchev–Trinajstić information content (AvgIpc) is 1.56. The molecule has 0 saturated carbocycles. The third-order valence-corrected chi connectivity index (χ3v) is 25.6. The van der Waals surface area contributed by atoms with Gasteiger partial charge in [-0.25, -0.2) is 9.67 Å². The number of H-pyrrole nitrogens is 2. The van der Waals surface area contributed by atoms with Gasteiger partial charge in [-0.1, -0.05) is 126 Å². The lowest BCUT2D eigenvalue weighted by Gasteiger charge is -2.33. The molecular formula is C92H126N26O19S. The summed E-state index contributed by atoms with van der Waals surface area (Å²) in [5.41, 5.74) is 19.3. The van der Waals surface area contributed by atoms with Gasteiger partial charge in [-0.05, 0) is 114 Å². The molecule has 6 heterocycles. The molecule has 7 aromatic rings. The van der Waals surface area contributed by atoms with Crippen LogP contribution in [0.1, 0.15) is 158 Å². The van der Waals surface area contributed by atoms with Crippen LogP contribution in [0, 0.1) is 11.3 Å². The SMILES string of the molecule is CCCC[C@H]1C(=O)N[C@@H](CCCNC(=N)N)C(=O)N[C@H](C(=O)NCC(N)=O)CSCC(=O)N[C@@H](Cc2ccc(O)cc2)C(=O)N(C)[C@@H](C)C(=O)N[C@@H](CC(N)=O)C(=O)N2CCC[C@H]2C(=O)N[C@@H](Cc2cnc[nH]2)C(=O)N[C@@H](CC(C)C)C(=O)N2C[C@H](O)C[C@H]2C(=O)N[C@@H](Cc2c[nH]c3ccccc23)C(=O)N[C@@H](CO)C(=O)N[C@@H](Cc2cccc3ccccc23)c2nnnn2[C@@H](CCCC)C(=O)N1C. The number of hydrogen-bond acceptors (Lipinski definition) is 25. The molecule has 23 N–H and O–H groups in total. The minimum atomic E-state index is -1.84. The van der Waals surface area contributed by atoms with Gasteiger partial charge in [-0.15, -0.1) is 16.9 Å². The number of unbranched alkanes of at least 4 members (excludes halogenated alkanes) is 2. The van der Waals surface area contributed by atoms with Crippen LogP contribution in [0.15, 0.2) is 110 Å². The number of aromatic hydroxyl groups is 1. The number of likely N-dealkylation sites (N-methyl/N-ethyl adjacent to an activating group) is 2. The summed E-state index contributed by atoms with van der Waals surface area (Å²) in [5, 5.41) is 85.6.